The first-order valence-corrected chi connectivity index (χ1v) is 2.37. The molecule has 3 nitrogen and oxygen atoms in total. The first kappa shape index (κ1) is 5.26. The summed E-state index contributed by atoms with van der Waals surface area (Å²) < 4.78 is 0. The Kier molecular flexibility index (Phi) is 1.27. The lowest BCUT2D eigenvalue weighted by atomic mass is 10.5. The van der Waals surface area contributed by atoms with E-state index in [1.54, 1.807) is 6.07 Å². The van der Waals surface area contributed by atoms with Gasteiger partial charge in [0, 0.05) is 0 Å². The largest absolute Gasteiger partial charge is 0.248 e. The molecular weight excluding hydrogens is 126 g/mol. The Hall–Kier alpha value is -0.880. The molecule has 0 amide bonds. The molecule has 0 aromatic rings. The molecule has 1 heterocycles. The number of nitriles is 1. The summed E-state index contributed by atoms with van der Waals surface area (Å²) in [6.07, 6.45) is 0. The van der Waals surface area contributed by atoms with Crippen molar-refractivity contribution in [3.05, 3.63) is 0 Å². The van der Waals surface area contributed by atoms with Gasteiger partial charge in [-0.25, -0.2) is 9.98 Å². The molecule has 0 bridgehead atoms. The maximum absolute atomic E-state index is 8.19. The Morgan fingerprint density at radius 2 is 2.38 bits per heavy atom. The summed E-state index contributed by atoms with van der Waals surface area (Å²) in [5.41, 5.74) is 0.242. The quantitative estimate of drug-likeness (QED) is 0.469. The van der Waals surface area contributed by atoms with Crippen LogP contribution in [0.3, 0.4) is 0 Å². The van der Waals surface area contributed by atoms with Gasteiger partial charge in [0.05, 0.1) is 0 Å². The van der Waals surface area contributed by atoms with Crippen LogP contribution in [-0.2, 0) is 0 Å². The molecule has 0 N–H and O–H groups in total. The Labute approximate surface area is 51.3 Å². The number of halogens is 1. The van der Waals surface area contributed by atoms with Gasteiger partial charge in [-0.15, -0.1) is 0 Å². The molecule has 0 spiro atoms. The molecule has 40 valence electrons. The standard InChI is InChI=1S/C4H2ClN3/c5-4-3(1-6)7-2-8-4/h2H2. The Morgan fingerprint density at radius 1 is 1.62 bits per heavy atom. The highest BCUT2D eigenvalue weighted by atomic mass is 35.5. The van der Waals surface area contributed by atoms with Crippen molar-refractivity contribution >= 4 is 22.5 Å². The van der Waals surface area contributed by atoms with E-state index in [2.05, 4.69) is 9.98 Å². The molecule has 8 heavy (non-hydrogen) atoms. The number of hydrogen-bond acceptors (Lipinski definition) is 3. The fourth-order valence-corrected chi connectivity index (χ4v) is 0.545. The van der Waals surface area contributed by atoms with Gasteiger partial charge in [-0.1, -0.05) is 11.6 Å². The van der Waals surface area contributed by atoms with Crippen LogP contribution < -0.4 is 0 Å². The lowest BCUT2D eigenvalue weighted by Gasteiger charge is -1.76. The van der Waals surface area contributed by atoms with Crippen LogP contribution in [0.15, 0.2) is 9.98 Å². The molecule has 0 radical (unpaired) electrons. The van der Waals surface area contributed by atoms with Crippen molar-refractivity contribution in [2.24, 2.45) is 9.98 Å². The summed E-state index contributed by atoms with van der Waals surface area (Å²) in [5, 5.41) is 8.42. The van der Waals surface area contributed by atoms with Gasteiger partial charge >= 0.3 is 0 Å². The normalized spacial score (nSPS) is 17.0. The van der Waals surface area contributed by atoms with Crippen LogP contribution in [0.25, 0.3) is 0 Å². The molecule has 0 aromatic carbocycles. The van der Waals surface area contributed by atoms with Crippen molar-refractivity contribution in [1.82, 2.24) is 0 Å². The van der Waals surface area contributed by atoms with E-state index in [0.717, 1.165) is 0 Å². The molecule has 4 heteroatoms. The molecule has 1 rings (SSSR count). The monoisotopic (exact) mass is 127 g/mol. The van der Waals surface area contributed by atoms with Gasteiger partial charge in [0.15, 0.2) is 10.9 Å². The summed E-state index contributed by atoms with van der Waals surface area (Å²) in [4.78, 5) is 7.30. The number of nitrogens with zero attached hydrogens (tertiary/aromatic N) is 3. The maximum Gasteiger partial charge on any atom is 0.174 e. The molecule has 1 aliphatic rings. The molecule has 0 aromatic heterocycles. The van der Waals surface area contributed by atoms with Crippen LogP contribution in [0.2, 0.25) is 0 Å². The third-order valence-electron chi connectivity index (χ3n) is 0.740. The Balaban J connectivity index is 2.86. The average molecular weight is 128 g/mol. The van der Waals surface area contributed by atoms with E-state index in [4.69, 9.17) is 16.9 Å². The molecule has 0 aliphatic carbocycles. The van der Waals surface area contributed by atoms with Crippen molar-refractivity contribution in [2.75, 3.05) is 6.67 Å². The van der Waals surface area contributed by atoms with Crippen LogP contribution in [0.1, 0.15) is 0 Å². The van der Waals surface area contributed by atoms with Crippen LogP contribution in [0.4, 0.5) is 0 Å². The summed E-state index contributed by atoms with van der Waals surface area (Å²) in [7, 11) is 0. The molecule has 0 saturated carbocycles. The van der Waals surface area contributed by atoms with Crippen LogP contribution >= 0.6 is 11.6 Å². The van der Waals surface area contributed by atoms with Gasteiger partial charge in [-0.2, -0.15) is 5.26 Å². The highest BCUT2D eigenvalue weighted by Gasteiger charge is 2.07. The molecule has 0 atom stereocenters. The second kappa shape index (κ2) is 1.93. The van der Waals surface area contributed by atoms with E-state index in [1.807, 2.05) is 0 Å². The lowest BCUT2D eigenvalue weighted by molar-refractivity contribution is 1.11. The molecular formula is C4H2ClN3. The minimum Gasteiger partial charge on any atom is -0.248 e. The van der Waals surface area contributed by atoms with Crippen LogP contribution in [0, 0.1) is 11.3 Å². The molecule has 1 aliphatic heterocycles. The fourth-order valence-electron chi connectivity index (χ4n) is 0.390. The zero-order chi connectivity index (χ0) is 5.98. The van der Waals surface area contributed by atoms with Gasteiger partial charge < -0.3 is 0 Å². The summed E-state index contributed by atoms with van der Waals surface area (Å²) >= 11 is 5.38. The SMILES string of the molecule is N#CC1=NCN=C1Cl. The molecule has 0 unspecified atom stereocenters. The number of aliphatic imine (C=N–C) groups is 2. The zero-order valence-corrected chi connectivity index (χ0v) is 4.68. The Bertz CT molecular complexity index is 198. The molecule has 0 saturated heterocycles. The van der Waals surface area contributed by atoms with Crippen LogP contribution in [0.5, 0.6) is 0 Å². The van der Waals surface area contributed by atoms with E-state index in [1.165, 1.54) is 0 Å². The van der Waals surface area contributed by atoms with Crippen molar-refractivity contribution in [3.63, 3.8) is 0 Å². The van der Waals surface area contributed by atoms with Gasteiger partial charge in [-0.05, 0) is 0 Å². The third kappa shape index (κ3) is 0.703. The van der Waals surface area contributed by atoms with Gasteiger partial charge in [0.25, 0.3) is 0 Å². The van der Waals surface area contributed by atoms with E-state index >= 15 is 0 Å². The maximum atomic E-state index is 8.19. The summed E-state index contributed by atoms with van der Waals surface area (Å²) in [6.45, 7) is 0.307. The van der Waals surface area contributed by atoms with Crippen LogP contribution in [-0.4, -0.2) is 17.6 Å². The predicted molar refractivity (Wildman–Crippen MR) is 31.2 cm³/mol. The number of hydrogen-bond donors (Lipinski definition) is 0. The Morgan fingerprint density at radius 3 is 2.62 bits per heavy atom. The van der Waals surface area contributed by atoms with Crippen molar-refractivity contribution in [3.8, 4) is 6.07 Å². The van der Waals surface area contributed by atoms with Crippen molar-refractivity contribution in [2.45, 2.75) is 0 Å². The second-order valence-corrected chi connectivity index (χ2v) is 1.57. The smallest absolute Gasteiger partial charge is 0.174 e. The second-order valence-electron chi connectivity index (χ2n) is 1.21. The van der Waals surface area contributed by atoms with E-state index in [-0.39, 0.29) is 10.9 Å². The fraction of sp³-hybridized carbons (Fsp3) is 0.250. The van der Waals surface area contributed by atoms with Gasteiger partial charge in [0.1, 0.15) is 12.7 Å². The first-order valence-electron chi connectivity index (χ1n) is 1.99. The van der Waals surface area contributed by atoms with E-state index in [9.17, 15) is 0 Å². The summed E-state index contributed by atoms with van der Waals surface area (Å²) in [5.74, 6) is 0. The predicted octanol–water partition coefficient (Wildman–Crippen LogP) is 0.559. The molecule has 0 fully saturated rings. The average Bonchev–Trinajstić information content (AvgIpc) is 2.14. The summed E-state index contributed by atoms with van der Waals surface area (Å²) in [6, 6.07) is 1.80. The highest BCUT2D eigenvalue weighted by Crippen LogP contribution is 1.98. The lowest BCUT2D eigenvalue weighted by Crippen LogP contribution is -1.98. The minimum absolute atomic E-state index is 0.229. The van der Waals surface area contributed by atoms with Gasteiger partial charge in [0.2, 0.25) is 0 Å². The van der Waals surface area contributed by atoms with Crippen molar-refractivity contribution in [1.29, 1.82) is 5.26 Å². The topological polar surface area (TPSA) is 48.5 Å². The van der Waals surface area contributed by atoms with Crippen molar-refractivity contribution < 1.29 is 0 Å². The highest BCUT2D eigenvalue weighted by molar-refractivity contribution is 6.86. The first-order chi connectivity index (χ1) is 3.84. The van der Waals surface area contributed by atoms with E-state index < -0.39 is 0 Å². The van der Waals surface area contributed by atoms with E-state index in [0.29, 0.717) is 6.67 Å². The minimum atomic E-state index is 0.229. The van der Waals surface area contributed by atoms with Gasteiger partial charge in [-0.3, -0.25) is 0 Å². The number of rotatable bonds is 0. The third-order valence-corrected chi connectivity index (χ3v) is 1.04. The zero-order valence-electron chi connectivity index (χ0n) is 3.93.